The predicted octanol–water partition coefficient (Wildman–Crippen LogP) is 2.48. The van der Waals surface area contributed by atoms with Crippen molar-refractivity contribution < 1.29 is 23.5 Å². The van der Waals surface area contributed by atoms with Crippen LogP contribution in [0.4, 0.5) is 15.8 Å². The number of anilines is 2. The summed E-state index contributed by atoms with van der Waals surface area (Å²) in [5.41, 5.74) is 1.80. The topological polar surface area (TPSA) is 76.7 Å². The van der Waals surface area contributed by atoms with Crippen molar-refractivity contribution in [3.63, 3.8) is 0 Å². The number of hydrogen-bond donors (Lipinski definition) is 2. The lowest BCUT2D eigenvalue weighted by Gasteiger charge is -2.21. The Hall–Kier alpha value is -3.09. The van der Waals surface area contributed by atoms with Gasteiger partial charge in [-0.1, -0.05) is 6.07 Å². The molecule has 0 radical (unpaired) electrons. The van der Waals surface area contributed by atoms with E-state index in [0.717, 1.165) is 5.56 Å². The number of halogens is 1. The predicted molar refractivity (Wildman–Crippen MR) is 85.8 cm³/mol. The Bertz CT molecular complexity index is 807. The van der Waals surface area contributed by atoms with E-state index in [4.69, 9.17) is 9.47 Å². The van der Waals surface area contributed by atoms with Gasteiger partial charge in [0, 0.05) is 6.07 Å². The second kappa shape index (κ2) is 6.57. The second-order valence-corrected chi connectivity index (χ2v) is 5.32. The van der Waals surface area contributed by atoms with E-state index >= 15 is 0 Å². The van der Waals surface area contributed by atoms with E-state index in [9.17, 15) is 14.0 Å². The average Bonchev–Trinajstić information content (AvgIpc) is 2.52. The van der Waals surface area contributed by atoms with E-state index < -0.39 is 11.7 Å². The molecule has 0 bridgehead atoms. The first-order valence-electron chi connectivity index (χ1n) is 7.27. The van der Waals surface area contributed by atoms with Crippen molar-refractivity contribution in [2.75, 3.05) is 23.8 Å². The Labute approximate surface area is 137 Å². The molecule has 2 aromatic rings. The molecule has 0 aliphatic carbocycles. The van der Waals surface area contributed by atoms with Crippen LogP contribution >= 0.6 is 0 Å². The lowest BCUT2D eigenvalue weighted by Crippen LogP contribution is -2.27. The quantitative estimate of drug-likeness (QED) is 0.903. The van der Waals surface area contributed by atoms with Gasteiger partial charge >= 0.3 is 0 Å². The molecule has 0 aromatic heterocycles. The molecule has 1 aliphatic heterocycles. The highest BCUT2D eigenvalue weighted by molar-refractivity contribution is 6.00. The normalized spacial score (nSPS) is 12.7. The summed E-state index contributed by atoms with van der Waals surface area (Å²) in [6, 6.07) is 9.03. The van der Waals surface area contributed by atoms with Crippen LogP contribution < -0.4 is 20.1 Å². The fourth-order valence-electron chi connectivity index (χ4n) is 2.33. The van der Waals surface area contributed by atoms with Crippen LogP contribution in [0.5, 0.6) is 11.5 Å². The van der Waals surface area contributed by atoms with Crippen molar-refractivity contribution in [3.05, 3.63) is 47.8 Å². The second-order valence-electron chi connectivity index (χ2n) is 5.32. The number of hydrogen-bond acceptors (Lipinski definition) is 4. The van der Waals surface area contributed by atoms with Crippen LogP contribution in [-0.4, -0.2) is 25.0 Å². The van der Waals surface area contributed by atoms with Crippen molar-refractivity contribution in [3.8, 4) is 11.5 Å². The van der Waals surface area contributed by atoms with Crippen LogP contribution in [0.25, 0.3) is 0 Å². The number of amides is 2. The van der Waals surface area contributed by atoms with Gasteiger partial charge in [0.15, 0.2) is 19.0 Å². The van der Waals surface area contributed by atoms with Gasteiger partial charge in [0.2, 0.25) is 0 Å². The van der Waals surface area contributed by atoms with Crippen LogP contribution in [0.15, 0.2) is 36.4 Å². The number of rotatable bonds is 4. The number of carbonyl (C=O) groups excluding carboxylic acids is 2. The first kappa shape index (κ1) is 15.8. The molecule has 0 spiro atoms. The lowest BCUT2D eigenvalue weighted by atomic mass is 10.1. The smallest absolute Gasteiger partial charge is 0.262 e. The molecule has 2 aromatic carbocycles. The largest absolute Gasteiger partial charge is 0.484 e. The highest BCUT2D eigenvalue weighted by Crippen LogP contribution is 2.36. The molecule has 3 rings (SSSR count). The van der Waals surface area contributed by atoms with Crippen LogP contribution in [0.2, 0.25) is 0 Å². The minimum absolute atomic E-state index is 0.112. The maximum Gasteiger partial charge on any atom is 0.262 e. The maximum atomic E-state index is 13.1. The zero-order valence-electron chi connectivity index (χ0n) is 12.9. The number of nitrogens with one attached hydrogen (secondary N) is 2. The molecular formula is C17H15FN2O4. The Morgan fingerprint density at radius 2 is 2.21 bits per heavy atom. The van der Waals surface area contributed by atoms with Gasteiger partial charge in [-0.3, -0.25) is 9.59 Å². The summed E-state index contributed by atoms with van der Waals surface area (Å²) in [4.78, 5) is 23.4. The highest BCUT2D eigenvalue weighted by Gasteiger charge is 2.21. The van der Waals surface area contributed by atoms with Gasteiger partial charge in [0.25, 0.3) is 11.8 Å². The number of aryl methyl sites for hydroxylation is 1. The molecule has 6 nitrogen and oxygen atoms in total. The molecule has 1 aliphatic rings. The molecule has 7 heteroatoms. The number of carbonyl (C=O) groups is 2. The van der Waals surface area contributed by atoms with E-state index in [-0.39, 0.29) is 24.9 Å². The van der Waals surface area contributed by atoms with Crippen molar-refractivity contribution >= 4 is 23.2 Å². The SMILES string of the molecule is Cc1cc(NC(=O)COc2cccc(F)c2)c2c(c1)NC(=O)CO2. The molecule has 124 valence electrons. The first-order chi connectivity index (χ1) is 11.5. The zero-order valence-corrected chi connectivity index (χ0v) is 12.9. The zero-order chi connectivity index (χ0) is 17.1. The lowest BCUT2D eigenvalue weighted by molar-refractivity contribution is -0.118. The van der Waals surface area contributed by atoms with Crippen molar-refractivity contribution in [1.29, 1.82) is 0 Å². The molecular weight excluding hydrogens is 315 g/mol. The van der Waals surface area contributed by atoms with Crippen LogP contribution in [0.1, 0.15) is 5.56 Å². The van der Waals surface area contributed by atoms with E-state index in [1.54, 1.807) is 18.2 Å². The summed E-state index contributed by atoms with van der Waals surface area (Å²) in [5.74, 6) is -0.448. The Morgan fingerprint density at radius 1 is 1.38 bits per heavy atom. The van der Waals surface area contributed by atoms with Gasteiger partial charge in [-0.25, -0.2) is 4.39 Å². The van der Waals surface area contributed by atoms with Crippen LogP contribution in [0, 0.1) is 12.7 Å². The first-order valence-corrected chi connectivity index (χ1v) is 7.27. The molecule has 24 heavy (non-hydrogen) atoms. The summed E-state index contributed by atoms with van der Waals surface area (Å²) in [6.45, 7) is 1.44. The minimum Gasteiger partial charge on any atom is -0.484 e. The number of fused-ring (bicyclic) bond motifs is 1. The standard InChI is InChI=1S/C17H15FN2O4/c1-10-5-13(17-14(6-10)20-16(22)9-24-17)19-15(21)8-23-12-4-2-3-11(18)7-12/h2-7H,8-9H2,1H3,(H,19,21)(H,20,22). The summed E-state index contributed by atoms with van der Waals surface area (Å²) in [6.07, 6.45) is 0. The fraction of sp³-hybridized carbons (Fsp3) is 0.176. The van der Waals surface area contributed by atoms with Crippen molar-refractivity contribution in [2.45, 2.75) is 6.92 Å². The van der Waals surface area contributed by atoms with Gasteiger partial charge in [-0.05, 0) is 36.8 Å². The molecule has 2 N–H and O–H groups in total. The van der Waals surface area contributed by atoms with Gasteiger partial charge in [-0.15, -0.1) is 0 Å². The number of ether oxygens (including phenoxy) is 2. The molecule has 1 heterocycles. The third kappa shape index (κ3) is 3.62. The average molecular weight is 330 g/mol. The van der Waals surface area contributed by atoms with Crippen molar-refractivity contribution in [2.24, 2.45) is 0 Å². The molecule has 0 saturated carbocycles. The Morgan fingerprint density at radius 3 is 3.00 bits per heavy atom. The fourth-order valence-corrected chi connectivity index (χ4v) is 2.33. The van der Waals surface area contributed by atoms with Crippen LogP contribution in [0.3, 0.4) is 0 Å². The maximum absolute atomic E-state index is 13.1. The minimum atomic E-state index is -0.440. The Kier molecular flexibility index (Phi) is 4.33. The highest BCUT2D eigenvalue weighted by atomic mass is 19.1. The van der Waals surface area contributed by atoms with E-state index in [2.05, 4.69) is 10.6 Å². The molecule has 0 saturated heterocycles. The monoisotopic (exact) mass is 330 g/mol. The molecule has 0 unspecified atom stereocenters. The summed E-state index contributed by atoms with van der Waals surface area (Å²) in [7, 11) is 0. The van der Waals surface area contributed by atoms with Crippen molar-refractivity contribution in [1.82, 2.24) is 0 Å². The van der Waals surface area contributed by atoms with E-state index in [1.165, 1.54) is 18.2 Å². The van der Waals surface area contributed by atoms with Gasteiger partial charge in [0.1, 0.15) is 11.6 Å². The molecule has 2 amide bonds. The summed E-state index contributed by atoms with van der Waals surface area (Å²) < 4.78 is 23.7. The van der Waals surface area contributed by atoms with Gasteiger partial charge in [-0.2, -0.15) is 0 Å². The van der Waals surface area contributed by atoms with E-state index in [0.29, 0.717) is 17.1 Å². The third-order valence-electron chi connectivity index (χ3n) is 3.30. The summed E-state index contributed by atoms with van der Waals surface area (Å²) >= 11 is 0. The summed E-state index contributed by atoms with van der Waals surface area (Å²) in [5, 5.41) is 5.37. The third-order valence-corrected chi connectivity index (χ3v) is 3.30. The van der Waals surface area contributed by atoms with Gasteiger partial charge in [0.05, 0.1) is 11.4 Å². The molecule has 0 fully saturated rings. The Balaban J connectivity index is 1.69. The van der Waals surface area contributed by atoms with Gasteiger partial charge < -0.3 is 20.1 Å². The van der Waals surface area contributed by atoms with Crippen LogP contribution in [-0.2, 0) is 9.59 Å². The number of benzene rings is 2. The van der Waals surface area contributed by atoms with E-state index in [1.807, 2.05) is 6.92 Å². The molecule has 0 atom stereocenters.